The highest BCUT2D eigenvalue weighted by Crippen LogP contribution is 2.33. The fourth-order valence-corrected chi connectivity index (χ4v) is 4.15. The summed E-state index contributed by atoms with van der Waals surface area (Å²) in [4.78, 5) is 0. The van der Waals surface area contributed by atoms with Gasteiger partial charge in [-0.2, -0.15) is 0 Å². The van der Waals surface area contributed by atoms with Gasteiger partial charge in [0.15, 0.2) is 0 Å². The van der Waals surface area contributed by atoms with Crippen LogP contribution in [0.4, 0.5) is 0 Å². The third-order valence-electron chi connectivity index (χ3n) is 2.58. The van der Waals surface area contributed by atoms with Crippen molar-refractivity contribution >= 4 is 18.5 Å². The topological polar surface area (TPSA) is 20.2 Å². The van der Waals surface area contributed by atoms with Crippen LogP contribution >= 0.6 is 7.92 Å². The lowest BCUT2D eigenvalue weighted by Gasteiger charge is -2.20. The minimum Gasteiger partial charge on any atom is -0.393 e. The van der Waals surface area contributed by atoms with Crippen LogP contribution in [0.25, 0.3) is 0 Å². The van der Waals surface area contributed by atoms with Crippen LogP contribution in [0.15, 0.2) is 60.7 Å². The third kappa shape index (κ3) is 3.39. The summed E-state index contributed by atoms with van der Waals surface area (Å²) >= 11 is 0. The maximum atomic E-state index is 9.66. The number of hydrogen-bond donors (Lipinski definition) is 1. The predicted molar refractivity (Wildman–Crippen MR) is 75.6 cm³/mol. The molecule has 0 radical (unpaired) electrons. The molecule has 2 aromatic carbocycles. The molecule has 0 fully saturated rings. The molecule has 0 aliphatic carbocycles. The smallest absolute Gasteiger partial charge is 0.0557 e. The number of aliphatic hydroxyl groups excluding tert-OH is 1. The second-order valence-corrected chi connectivity index (χ2v) is 6.38. The predicted octanol–water partition coefficient (Wildman–Crippen LogP) is 2.50. The summed E-state index contributed by atoms with van der Waals surface area (Å²) in [5, 5.41) is 12.3. The molecule has 0 spiro atoms. The Kier molecular flexibility index (Phi) is 4.30. The Balaban J connectivity index is 2.32. The van der Waals surface area contributed by atoms with E-state index in [2.05, 4.69) is 48.5 Å². The highest BCUT2D eigenvalue weighted by Gasteiger charge is 2.15. The minimum atomic E-state index is -0.440. The summed E-state index contributed by atoms with van der Waals surface area (Å²) < 4.78 is 0. The normalized spacial score (nSPS) is 12.6. The first-order valence-electron chi connectivity index (χ1n) is 5.83. The number of aliphatic hydroxyl groups is 1. The molecule has 1 nitrogen and oxygen atoms in total. The molecular weight excluding hydrogens is 227 g/mol. The summed E-state index contributed by atoms with van der Waals surface area (Å²) in [6.07, 6.45) is 0.560. The van der Waals surface area contributed by atoms with Crippen LogP contribution in [0.2, 0.25) is 0 Å². The lowest BCUT2D eigenvalue weighted by molar-refractivity contribution is 0.219. The second kappa shape index (κ2) is 5.95. The summed E-state index contributed by atoms with van der Waals surface area (Å²) in [5.41, 5.74) is 0. The van der Waals surface area contributed by atoms with Crippen LogP contribution < -0.4 is 10.6 Å². The molecule has 88 valence electrons. The number of benzene rings is 2. The van der Waals surface area contributed by atoms with Gasteiger partial charge in [0, 0.05) is 6.16 Å². The molecule has 0 aliphatic heterocycles. The lowest BCUT2D eigenvalue weighted by Crippen LogP contribution is -2.19. The average molecular weight is 244 g/mol. The Morgan fingerprint density at radius 2 is 1.29 bits per heavy atom. The first kappa shape index (κ1) is 12.3. The van der Waals surface area contributed by atoms with Crippen LogP contribution in [0.3, 0.4) is 0 Å². The van der Waals surface area contributed by atoms with E-state index in [-0.39, 0.29) is 6.10 Å². The largest absolute Gasteiger partial charge is 0.393 e. The van der Waals surface area contributed by atoms with E-state index in [9.17, 15) is 5.11 Å². The van der Waals surface area contributed by atoms with Gasteiger partial charge in [0.25, 0.3) is 0 Å². The van der Waals surface area contributed by atoms with Gasteiger partial charge in [0.2, 0.25) is 0 Å². The van der Waals surface area contributed by atoms with E-state index in [1.807, 2.05) is 19.1 Å². The van der Waals surface area contributed by atoms with Crippen LogP contribution in [0.5, 0.6) is 0 Å². The zero-order chi connectivity index (χ0) is 12.1. The van der Waals surface area contributed by atoms with Gasteiger partial charge in [0.1, 0.15) is 0 Å². The van der Waals surface area contributed by atoms with Crippen LogP contribution in [0.1, 0.15) is 6.92 Å². The molecule has 17 heavy (non-hydrogen) atoms. The van der Waals surface area contributed by atoms with E-state index in [0.717, 1.165) is 6.16 Å². The van der Waals surface area contributed by atoms with Gasteiger partial charge >= 0.3 is 0 Å². The molecule has 2 aromatic rings. The highest BCUT2D eigenvalue weighted by atomic mass is 31.1. The van der Waals surface area contributed by atoms with Crippen LogP contribution in [0, 0.1) is 0 Å². The van der Waals surface area contributed by atoms with E-state index < -0.39 is 7.92 Å². The van der Waals surface area contributed by atoms with Gasteiger partial charge in [-0.05, 0) is 25.5 Å². The fraction of sp³-hybridized carbons (Fsp3) is 0.200. The van der Waals surface area contributed by atoms with Gasteiger partial charge in [-0.15, -0.1) is 0 Å². The van der Waals surface area contributed by atoms with Crippen molar-refractivity contribution in [3.05, 3.63) is 60.7 Å². The van der Waals surface area contributed by atoms with Crippen LogP contribution in [-0.2, 0) is 0 Å². The fourth-order valence-electron chi connectivity index (χ4n) is 1.84. The number of rotatable bonds is 4. The minimum absolute atomic E-state index is 0.262. The maximum absolute atomic E-state index is 9.66. The number of hydrogen-bond acceptors (Lipinski definition) is 1. The Bertz CT molecular complexity index is 399. The molecule has 2 rings (SSSR count). The molecule has 0 saturated heterocycles. The maximum Gasteiger partial charge on any atom is 0.0557 e. The SMILES string of the molecule is C[C@H](O)CP(c1ccccc1)c1ccccc1. The molecule has 2 heteroatoms. The first-order valence-corrected chi connectivity index (χ1v) is 7.36. The van der Waals surface area contributed by atoms with E-state index in [1.54, 1.807) is 0 Å². The average Bonchev–Trinajstić information content (AvgIpc) is 2.38. The molecule has 0 unspecified atom stereocenters. The monoisotopic (exact) mass is 244 g/mol. The van der Waals surface area contributed by atoms with Crippen molar-refractivity contribution in [2.24, 2.45) is 0 Å². The van der Waals surface area contributed by atoms with Crippen molar-refractivity contribution in [3.63, 3.8) is 0 Å². The van der Waals surface area contributed by atoms with Gasteiger partial charge in [-0.1, -0.05) is 60.7 Å². The van der Waals surface area contributed by atoms with Gasteiger partial charge in [0.05, 0.1) is 6.10 Å². The zero-order valence-electron chi connectivity index (χ0n) is 9.95. The summed E-state index contributed by atoms with van der Waals surface area (Å²) in [6.45, 7) is 1.86. The van der Waals surface area contributed by atoms with Crippen molar-refractivity contribution in [3.8, 4) is 0 Å². The summed E-state index contributed by atoms with van der Waals surface area (Å²) in [5.74, 6) is 0. The zero-order valence-corrected chi connectivity index (χ0v) is 10.8. The van der Waals surface area contributed by atoms with Crippen molar-refractivity contribution in [1.29, 1.82) is 0 Å². The lowest BCUT2D eigenvalue weighted by atomic mass is 10.4. The van der Waals surface area contributed by atoms with E-state index in [0.29, 0.717) is 0 Å². The van der Waals surface area contributed by atoms with E-state index in [1.165, 1.54) is 10.6 Å². The molecule has 0 saturated carbocycles. The van der Waals surface area contributed by atoms with E-state index in [4.69, 9.17) is 0 Å². The van der Waals surface area contributed by atoms with Gasteiger partial charge in [-0.3, -0.25) is 0 Å². The molecule has 0 aliphatic rings. The standard InChI is InChI=1S/C15H17OP/c1-13(16)12-17(14-8-4-2-5-9-14)15-10-6-3-7-11-15/h2-11,13,16H,12H2,1H3/t13-/m0/s1. The van der Waals surface area contributed by atoms with Gasteiger partial charge < -0.3 is 5.11 Å². The van der Waals surface area contributed by atoms with E-state index >= 15 is 0 Å². The van der Waals surface area contributed by atoms with Crippen molar-refractivity contribution in [2.45, 2.75) is 13.0 Å². The summed E-state index contributed by atoms with van der Waals surface area (Å²) in [6, 6.07) is 20.9. The molecule has 0 amide bonds. The Morgan fingerprint density at radius 3 is 1.65 bits per heavy atom. The Morgan fingerprint density at radius 1 is 0.882 bits per heavy atom. The molecule has 0 bridgehead atoms. The molecular formula is C15H17OP. The van der Waals surface area contributed by atoms with Gasteiger partial charge in [-0.25, -0.2) is 0 Å². The highest BCUT2D eigenvalue weighted by molar-refractivity contribution is 7.73. The quantitative estimate of drug-likeness (QED) is 0.819. The second-order valence-electron chi connectivity index (χ2n) is 4.13. The first-order chi connectivity index (χ1) is 8.27. The van der Waals surface area contributed by atoms with Crippen LogP contribution in [-0.4, -0.2) is 17.4 Å². The molecule has 1 N–H and O–H groups in total. The molecule has 0 heterocycles. The van der Waals surface area contributed by atoms with Crippen molar-refractivity contribution in [2.75, 3.05) is 6.16 Å². The Hall–Kier alpha value is -1.17. The van der Waals surface area contributed by atoms with Crippen molar-refractivity contribution < 1.29 is 5.11 Å². The Labute approximate surface area is 104 Å². The molecule has 1 atom stereocenters. The van der Waals surface area contributed by atoms with Crippen molar-refractivity contribution in [1.82, 2.24) is 0 Å². The molecule has 0 aromatic heterocycles. The third-order valence-corrected chi connectivity index (χ3v) is 5.32. The summed E-state index contributed by atoms with van der Waals surface area (Å²) in [7, 11) is -0.440.